The third-order valence-electron chi connectivity index (χ3n) is 3.71. The molecular weight excluding hydrogens is 318 g/mol. The summed E-state index contributed by atoms with van der Waals surface area (Å²) in [5, 5.41) is 2.86. The van der Waals surface area contributed by atoms with E-state index in [1.807, 2.05) is 24.3 Å². The van der Waals surface area contributed by atoms with Gasteiger partial charge in [0.1, 0.15) is 5.75 Å². The molecule has 1 atom stereocenters. The maximum absolute atomic E-state index is 12.3. The van der Waals surface area contributed by atoms with Crippen molar-refractivity contribution in [3.05, 3.63) is 29.8 Å². The summed E-state index contributed by atoms with van der Waals surface area (Å²) in [5.74, 6) is 0.725. The topological polar surface area (TPSA) is 87.7 Å². The first-order valence-electron chi connectivity index (χ1n) is 7.51. The molecule has 128 valence electrons. The summed E-state index contributed by atoms with van der Waals surface area (Å²) in [7, 11) is -1.67. The molecule has 1 heterocycles. The fraction of sp³-hybridized carbons (Fsp3) is 0.533. The van der Waals surface area contributed by atoms with Gasteiger partial charge >= 0.3 is 6.03 Å². The van der Waals surface area contributed by atoms with E-state index in [1.165, 1.54) is 0 Å². The van der Waals surface area contributed by atoms with Crippen LogP contribution in [0.15, 0.2) is 24.3 Å². The smallest absolute Gasteiger partial charge is 0.317 e. The number of carbonyl (C=O) groups is 1. The highest BCUT2D eigenvalue weighted by molar-refractivity contribution is 7.88. The van der Waals surface area contributed by atoms with Crippen molar-refractivity contribution in [1.29, 1.82) is 0 Å². The molecule has 23 heavy (non-hydrogen) atoms. The number of para-hydroxylation sites is 1. The van der Waals surface area contributed by atoms with Gasteiger partial charge in [0.15, 0.2) is 0 Å². The number of methoxy groups -OCH3 is 1. The number of nitrogens with one attached hydrogen (secondary N) is 2. The van der Waals surface area contributed by atoms with Crippen LogP contribution in [0.1, 0.15) is 18.4 Å². The van der Waals surface area contributed by atoms with Gasteiger partial charge in [-0.05, 0) is 18.9 Å². The van der Waals surface area contributed by atoms with Crippen molar-refractivity contribution in [3.63, 3.8) is 0 Å². The minimum atomic E-state index is -3.26. The van der Waals surface area contributed by atoms with Crippen molar-refractivity contribution < 1.29 is 17.9 Å². The van der Waals surface area contributed by atoms with Gasteiger partial charge < -0.3 is 15.0 Å². The Morgan fingerprint density at radius 3 is 2.83 bits per heavy atom. The SMILES string of the molecule is COc1ccccc1CNC(=O)N1CCC[C@@H](NS(C)(=O)=O)C1. The standard InChI is InChI=1S/C15H23N3O4S/c1-22-14-8-4-3-6-12(14)10-16-15(19)18-9-5-7-13(11-18)17-23(2,20)21/h3-4,6,8,13,17H,5,7,9-11H2,1-2H3,(H,16,19)/t13-/m1/s1. The van der Waals surface area contributed by atoms with Crippen LogP contribution < -0.4 is 14.8 Å². The fourth-order valence-corrected chi connectivity index (χ4v) is 3.49. The van der Waals surface area contributed by atoms with Crippen LogP contribution in [0, 0.1) is 0 Å². The first kappa shape index (κ1) is 17.6. The van der Waals surface area contributed by atoms with E-state index in [2.05, 4.69) is 10.0 Å². The molecule has 0 aliphatic carbocycles. The Kier molecular flexibility index (Phi) is 5.84. The molecule has 1 aromatic carbocycles. The van der Waals surface area contributed by atoms with Crippen molar-refractivity contribution in [1.82, 2.24) is 14.9 Å². The van der Waals surface area contributed by atoms with Gasteiger partial charge in [0.05, 0.1) is 13.4 Å². The number of hydrogen-bond acceptors (Lipinski definition) is 4. The molecule has 2 amide bonds. The van der Waals surface area contributed by atoms with Crippen molar-refractivity contribution in [2.24, 2.45) is 0 Å². The van der Waals surface area contributed by atoms with E-state index in [0.717, 1.165) is 30.4 Å². The van der Waals surface area contributed by atoms with Crippen molar-refractivity contribution in [2.45, 2.75) is 25.4 Å². The maximum atomic E-state index is 12.3. The Bertz CT molecular complexity index is 648. The summed E-state index contributed by atoms with van der Waals surface area (Å²) < 4.78 is 30.4. The fourth-order valence-electron chi connectivity index (χ4n) is 2.69. The maximum Gasteiger partial charge on any atom is 0.317 e. The number of likely N-dealkylation sites (tertiary alicyclic amines) is 1. The van der Waals surface area contributed by atoms with Crippen molar-refractivity contribution in [2.75, 3.05) is 26.5 Å². The van der Waals surface area contributed by atoms with E-state index >= 15 is 0 Å². The number of ether oxygens (including phenoxy) is 1. The molecule has 1 fully saturated rings. The van der Waals surface area contributed by atoms with Gasteiger partial charge in [0.2, 0.25) is 10.0 Å². The van der Waals surface area contributed by atoms with Gasteiger partial charge in [-0.1, -0.05) is 18.2 Å². The van der Waals surface area contributed by atoms with Gasteiger partial charge in [0, 0.05) is 31.2 Å². The number of amides is 2. The second-order valence-corrected chi connectivity index (χ2v) is 7.43. The lowest BCUT2D eigenvalue weighted by Gasteiger charge is -2.32. The summed E-state index contributed by atoms with van der Waals surface area (Å²) >= 11 is 0. The number of piperidine rings is 1. The highest BCUT2D eigenvalue weighted by atomic mass is 32.2. The van der Waals surface area contributed by atoms with E-state index in [1.54, 1.807) is 12.0 Å². The normalized spacial score (nSPS) is 18.5. The molecule has 7 nitrogen and oxygen atoms in total. The average Bonchev–Trinajstić information content (AvgIpc) is 2.51. The van der Waals surface area contributed by atoms with Gasteiger partial charge in [-0.2, -0.15) is 0 Å². The van der Waals surface area contributed by atoms with Crippen molar-refractivity contribution >= 4 is 16.1 Å². The molecule has 8 heteroatoms. The van der Waals surface area contributed by atoms with E-state index in [0.29, 0.717) is 19.6 Å². The van der Waals surface area contributed by atoms with Crippen LogP contribution in [0.2, 0.25) is 0 Å². The zero-order valence-electron chi connectivity index (χ0n) is 13.4. The van der Waals surface area contributed by atoms with Crippen LogP contribution in [-0.2, 0) is 16.6 Å². The second-order valence-electron chi connectivity index (χ2n) is 5.65. The molecule has 0 spiro atoms. The molecule has 1 aliphatic heterocycles. The van der Waals surface area contributed by atoms with Gasteiger partial charge in [-0.3, -0.25) is 0 Å². The molecule has 1 aromatic rings. The summed E-state index contributed by atoms with van der Waals surface area (Å²) in [5.41, 5.74) is 0.895. The first-order chi connectivity index (χ1) is 10.9. The second kappa shape index (κ2) is 7.65. The Hall–Kier alpha value is -1.80. The van der Waals surface area contributed by atoms with Crippen LogP contribution in [0.5, 0.6) is 5.75 Å². The molecule has 0 unspecified atom stereocenters. The lowest BCUT2D eigenvalue weighted by atomic mass is 10.1. The Morgan fingerprint density at radius 1 is 1.39 bits per heavy atom. The quantitative estimate of drug-likeness (QED) is 0.834. The van der Waals surface area contributed by atoms with Gasteiger partial charge in [-0.25, -0.2) is 17.9 Å². The minimum absolute atomic E-state index is 0.198. The van der Waals surface area contributed by atoms with E-state index in [9.17, 15) is 13.2 Å². The molecule has 1 saturated heterocycles. The molecule has 2 N–H and O–H groups in total. The lowest BCUT2D eigenvalue weighted by Crippen LogP contribution is -2.51. The summed E-state index contributed by atoms with van der Waals surface area (Å²) in [6.45, 7) is 1.37. The first-order valence-corrected chi connectivity index (χ1v) is 9.40. The summed E-state index contributed by atoms with van der Waals surface area (Å²) in [6, 6.07) is 7.07. The highest BCUT2D eigenvalue weighted by Gasteiger charge is 2.25. The number of nitrogens with zero attached hydrogens (tertiary/aromatic N) is 1. The highest BCUT2D eigenvalue weighted by Crippen LogP contribution is 2.17. The van der Waals surface area contributed by atoms with E-state index in [4.69, 9.17) is 4.74 Å². The number of hydrogen-bond donors (Lipinski definition) is 2. The van der Waals surface area contributed by atoms with E-state index < -0.39 is 10.0 Å². The molecule has 2 rings (SSSR count). The third kappa shape index (κ3) is 5.40. The number of rotatable bonds is 5. The largest absolute Gasteiger partial charge is 0.496 e. The molecule has 0 radical (unpaired) electrons. The summed E-state index contributed by atoms with van der Waals surface area (Å²) in [4.78, 5) is 13.9. The van der Waals surface area contributed by atoms with Crippen molar-refractivity contribution in [3.8, 4) is 5.75 Å². The third-order valence-corrected chi connectivity index (χ3v) is 4.47. The van der Waals surface area contributed by atoms with Crippen LogP contribution in [0.3, 0.4) is 0 Å². The molecule has 1 aliphatic rings. The zero-order valence-corrected chi connectivity index (χ0v) is 14.2. The number of benzene rings is 1. The molecule has 0 saturated carbocycles. The molecule has 0 bridgehead atoms. The van der Waals surface area contributed by atoms with Gasteiger partial charge in [0.25, 0.3) is 0 Å². The Labute approximate surface area is 137 Å². The van der Waals surface area contributed by atoms with Crippen LogP contribution in [0.4, 0.5) is 4.79 Å². The predicted molar refractivity (Wildman–Crippen MR) is 87.8 cm³/mol. The predicted octanol–water partition coefficient (Wildman–Crippen LogP) is 0.918. The minimum Gasteiger partial charge on any atom is -0.496 e. The lowest BCUT2D eigenvalue weighted by molar-refractivity contribution is 0.177. The Morgan fingerprint density at radius 2 is 2.13 bits per heavy atom. The van der Waals surface area contributed by atoms with Crippen LogP contribution >= 0.6 is 0 Å². The monoisotopic (exact) mass is 341 g/mol. The van der Waals surface area contributed by atoms with Gasteiger partial charge in [-0.15, -0.1) is 0 Å². The van der Waals surface area contributed by atoms with Crippen LogP contribution in [-0.4, -0.2) is 51.8 Å². The summed E-state index contributed by atoms with van der Waals surface area (Å²) in [6.07, 6.45) is 2.65. The number of sulfonamides is 1. The Balaban J connectivity index is 1.90. The molecule has 0 aromatic heterocycles. The van der Waals surface area contributed by atoms with Crippen LogP contribution in [0.25, 0.3) is 0 Å². The van der Waals surface area contributed by atoms with E-state index in [-0.39, 0.29) is 12.1 Å². The molecular formula is C15H23N3O4S. The number of urea groups is 1. The number of carbonyl (C=O) groups excluding carboxylic acids is 1. The zero-order chi connectivity index (χ0) is 16.9. The average molecular weight is 341 g/mol.